The molecule has 3 rings (SSSR count). The Morgan fingerprint density at radius 2 is 1.47 bits per heavy atom. The summed E-state index contributed by atoms with van der Waals surface area (Å²) in [5.41, 5.74) is 1.96. The van der Waals surface area contributed by atoms with Crippen molar-refractivity contribution in [1.29, 1.82) is 0 Å². The molecule has 6 nitrogen and oxygen atoms in total. The largest absolute Gasteiger partial charge is 0.332 e. The van der Waals surface area contributed by atoms with E-state index in [9.17, 15) is 13.2 Å². The van der Waals surface area contributed by atoms with Gasteiger partial charge in [0.2, 0.25) is 10.0 Å². The minimum absolute atomic E-state index is 0.126. The van der Waals surface area contributed by atoms with Crippen molar-refractivity contribution >= 4 is 38.9 Å². The van der Waals surface area contributed by atoms with Crippen molar-refractivity contribution in [3.63, 3.8) is 0 Å². The molecule has 0 unspecified atom stereocenters. The first-order valence-corrected chi connectivity index (χ1v) is 11.0. The average molecular weight is 440 g/mol. The lowest BCUT2D eigenvalue weighted by Gasteiger charge is -2.17. The van der Waals surface area contributed by atoms with E-state index >= 15 is 0 Å². The molecule has 2 N–H and O–H groups in total. The van der Waals surface area contributed by atoms with E-state index in [1.54, 1.807) is 43.4 Å². The fraction of sp³-hybridized carbons (Fsp3) is 0.0909. The van der Waals surface area contributed by atoms with Crippen molar-refractivity contribution in [2.75, 3.05) is 12.4 Å². The van der Waals surface area contributed by atoms with Crippen LogP contribution in [-0.4, -0.2) is 30.8 Å². The van der Waals surface area contributed by atoms with E-state index in [1.807, 2.05) is 36.4 Å². The molecule has 8 heteroatoms. The van der Waals surface area contributed by atoms with Gasteiger partial charge in [-0.25, -0.2) is 8.42 Å². The van der Waals surface area contributed by atoms with Crippen LogP contribution in [0.2, 0.25) is 0 Å². The molecule has 0 heterocycles. The van der Waals surface area contributed by atoms with Crippen LogP contribution in [0.1, 0.15) is 15.9 Å². The predicted molar refractivity (Wildman–Crippen MR) is 122 cm³/mol. The standard InChI is InChI=1S/C22H21N3O3S2/c1-25(16-17-8-4-2-5-9-17)30(27,28)20-14-12-19(13-15-20)23-22(29)24-21(26)18-10-6-3-7-11-18/h2-15H,16H2,1H3,(H2,23,24,26,29). The van der Waals surface area contributed by atoms with Crippen molar-refractivity contribution < 1.29 is 13.2 Å². The summed E-state index contributed by atoms with van der Waals surface area (Å²) in [6, 6.07) is 24.3. The van der Waals surface area contributed by atoms with Gasteiger partial charge in [0.15, 0.2) is 5.11 Å². The molecule has 1 amide bonds. The van der Waals surface area contributed by atoms with Crippen LogP contribution < -0.4 is 10.6 Å². The van der Waals surface area contributed by atoms with Crippen molar-refractivity contribution in [3.8, 4) is 0 Å². The van der Waals surface area contributed by atoms with Gasteiger partial charge in [0.25, 0.3) is 5.91 Å². The van der Waals surface area contributed by atoms with Crippen LogP contribution in [0.25, 0.3) is 0 Å². The number of nitrogens with one attached hydrogen (secondary N) is 2. The summed E-state index contributed by atoms with van der Waals surface area (Å²) in [4.78, 5) is 12.3. The molecule has 0 bridgehead atoms. The molecule has 0 fully saturated rings. The number of benzene rings is 3. The average Bonchev–Trinajstić information content (AvgIpc) is 2.75. The van der Waals surface area contributed by atoms with Gasteiger partial charge in [-0.3, -0.25) is 10.1 Å². The van der Waals surface area contributed by atoms with E-state index in [0.29, 0.717) is 11.3 Å². The number of amides is 1. The number of rotatable bonds is 6. The van der Waals surface area contributed by atoms with E-state index in [1.165, 1.54) is 16.4 Å². The van der Waals surface area contributed by atoms with E-state index in [0.717, 1.165) is 5.56 Å². The smallest absolute Gasteiger partial charge is 0.257 e. The van der Waals surface area contributed by atoms with Crippen LogP contribution in [0.15, 0.2) is 89.8 Å². The molecule has 3 aromatic carbocycles. The van der Waals surface area contributed by atoms with Crippen LogP contribution >= 0.6 is 12.2 Å². The summed E-state index contributed by atoms with van der Waals surface area (Å²) in [5.74, 6) is -0.324. The monoisotopic (exact) mass is 439 g/mol. The van der Waals surface area contributed by atoms with Gasteiger partial charge in [-0.2, -0.15) is 4.31 Å². The van der Waals surface area contributed by atoms with Crippen molar-refractivity contribution in [1.82, 2.24) is 9.62 Å². The first kappa shape index (κ1) is 21.6. The normalized spacial score (nSPS) is 11.1. The van der Waals surface area contributed by atoms with Crippen LogP contribution in [0.4, 0.5) is 5.69 Å². The van der Waals surface area contributed by atoms with Crippen LogP contribution in [0.5, 0.6) is 0 Å². The zero-order valence-corrected chi connectivity index (χ0v) is 17.9. The molecule has 0 radical (unpaired) electrons. The molecule has 154 valence electrons. The van der Waals surface area contributed by atoms with E-state index in [-0.39, 0.29) is 22.5 Å². The topological polar surface area (TPSA) is 78.5 Å². The highest BCUT2D eigenvalue weighted by molar-refractivity contribution is 7.89. The Labute approximate surface area is 181 Å². The fourth-order valence-electron chi connectivity index (χ4n) is 2.74. The summed E-state index contributed by atoms with van der Waals surface area (Å²) < 4.78 is 26.9. The zero-order valence-electron chi connectivity index (χ0n) is 16.3. The highest BCUT2D eigenvalue weighted by atomic mass is 32.2. The Hall–Kier alpha value is -3.07. The molecular formula is C22H21N3O3S2. The number of nitrogens with zero attached hydrogens (tertiary/aromatic N) is 1. The number of sulfonamides is 1. The van der Waals surface area contributed by atoms with Gasteiger partial charge >= 0.3 is 0 Å². The summed E-state index contributed by atoms with van der Waals surface area (Å²) >= 11 is 5.16. The van der Waals surface area contributed by atoms with E-state index in [2.05, 4.69) is 10.6 Å². The van der Waals surface area contributed by atoms with Crippen molar-refractivity contribution in [2.45, 2.75) is 11.4 Å². The second kappa shape index (κ2) is 9.62. The highest BCUT2D eigenvalue weighted by Crippen LogP contribution is 2.19. The molecule has 0 saturated carbocycles. The summed E-state index contributed by atoms with van der Waals surface area (Å²) in [6.07, 6.45) is 0. The number of hydrogen-bond donors (Lipinski definition) is 2. The number of hydrogen-bond acceptors (Lipinski definition) is 4. The molecule has 0 aromatic heterocycles. The Morgan fingerprint density at radius 1 is 0.900 bits per heavy atom. The van der Waals surface area contributed by atoms with Crippen LogP contribution in [-0.2, 0) is 16.6 Å². The third-order valence-corrected chi connectivity index (χ3v) is 6.35. The van der Waals surface area contributed by atoms with Crippen molar-refractivity contribution in [2.24, 2.45) is 0 Å². The molecule has 0 aliphatic heterocycles. The second-order valence-corrected chi connectivity index (χ2v) is 9.00. The van der Waals surface area contributed by atoms with Gasteiger partial charge in [-0.05, 0) is 54.2 Å². The third kappa shape index (κ3) is 5.50. The molecular weight excluding hydrogens is 418 g/mol. The van der Waals surface area contributed by atoms with Crippen LogP contribution in [0.3, 0.4) is 0 Å². The Balaban J connectivity index is 1.62. The summed E-state index contributed by atoms with van der Waals surface area (Å²) in [7, 11) is -2.09. The lowest BCUT2D eigenvalue weighted by molar-refractivity contribution is 0.0977. The number of thiocarbonyl (C=S) groups is 1. The highest BCUT2D eigenvalue weighted by Gasteiger charge is 2.20. The fourth-order valence-corrected chi connectivity index (χ4v) is 4.11. The SMILES string of the molecule is CN(Cc1ccccc1)S(=O)(=O)c1ccc(NC(=S)NC(=O)c2ccccc2)cc1. The molecule has 30 heavy (non-hydrogen) atoms. The molecule has 0 aliphatic carbocycles. The molecule has 0 saturated heterocycles. The Bertz CT molecular complexity index is 1120. The van der Waals surface area contributed by atoms with Crippen molar-refractivity contribution in [3.05, 3.63) is 96.1 Å². The van der Waals surface area contributed by atoms with Gasteiger partial charge in [0.1, 0.15) is 0 Å². The van der Waals surface area contributed by atoms with E-state index < -0.39 is 10.0 Å². The van der Waals surface area contributed by atoms with Gasteiger partial charge in [0, 0.05) is 24.8 Å². The maximum absolute atomic E-state index is 12.8. The minimum atomic E-state index is -3.63. The quantitative estimate of drug-likeness (QED) is 0.574. The molecule has 0 atom stereocenters. The lowest BCUT2D eigenvalue weighted by atomic mass is 10.2. The maximum Gasteiger partial charge on any atom is 0.257 e. The van der Waals surface area contributed by atoms with E-state index in [4.69, 9.17) is 12.2 Å². The van der Waals surface area contributed by atoms with Crippen LogP contribution in [0, 0.1) is 0 Å². The predicted octanol–water partition coefficient (Wildman–Crippen LogP) is 3.63. The zero-order chi connectivity index (χ0) is 21.6. The Morgan fingerprint density at radius 3 is 2.07 bits per heavy atom. The first-order valence-electron chi connectivity index (χ1n) is 9.14. The van der Waals surface area contributed by atoms with Gasteiger partial charge in [0.05, 0.1) is 4.90 Å². The molecule has 0 aliphatic rings. The lowest BCUT2D eigenvalue weighted by Crippen LogP contribution is -2.34. The number of anilines is 1. The Kier molecular flexibility index (Phi) is 6.94. The van der Waals surface area contributed by atoms with Gasteiger partial charge in [-0.1, -0.05) is 48.5 Å². The summed E-state index contributed by atoms with van der Waals surface area (Å²) in [6.45, 7) is 0.277. The van der Waals surface area contributed by atoms with Gasteiger partial charge in [-0.15, -0.1) is 0 Å². The minimum Gasteiger partial charge on any atom is -0.332 e. The molecule has 3 aromatic rings. The third-order valence-electron chi connectivity index (χ3n) is 4.33. The maximum atomic E-state index is 12.8. The molecule has 0 spiro atoms. The summed E-state index contributed by atoms with van der Waals surface area (Å²) in [5, 5.41) is 5.60. The first-order chi connectivity index (χ1) is 14.4. The number of carbonyl (C=O) groups excluding carboxylic acids is 1. The van der Waals surface area contributed by atoms with Gasteiger partial charge < -0.3 is 5.32 Å². The number of carbonyl (C=O) groups is 1. The second-order valence-electron chi connectivity index (χ2n) is 6.55.